The molecule has 0 saturated heterocycles. The molecular weight excluding hydrogens is 254 g/mol. The van der Waals surface area contributed by atoms with E-state index >= 15 is 0 Å². The smallest absolute Gasteiger partial charge is 0.0857 e. The lowest BCUT2D eigenvalue weighted by Crippen LogP contribution is -2.29. The molecule has 1 aromatic rings. The van der Waals surface area contributed by atoms with Gasteiger partial charge in [0.05, 0.1) is 10.6 Å². The van der Waals surface area contributed by atoms with E-state index in [2.05, 4.69) is 42.6 Å². The van der Waals surface area contributed by atoms with E-state index in [1.165, 1.54) is 42.7 Å². The molecule has 0 bridgehead atoms. The number of rotatable bonds is 5. The summed E-state index contributed by atoms with van der Waals surface area (Å²) in [4.78, 5) is 1.38. The first kappa shape index (κ1) is 14.9. The molecule has 0 amide bonds. The van der Waals surface area contributed by atoms with Gasteiger partial charge in [-0.1, -0.05) is 45.0 Å². The molecule has 1 aliphatic carbocycles. The normalized spacial score (nSPS) is 18.9. The molecule has 1 fully saturated rings. The van der Waals surface area contributed by atoms with Crippen molar-refractivity contribution in [3.63, 3.8) is 0 Å². The number of hydrogen-bond donors (Lipinski definition) is 1. The molecule has 1 heterocycles. The van der Waals surface area contributed by atoms with Gasteiger partial charge in [0.25, 0.3) is 0 Å². The van der Waals surface area contributed by atoms with E-state index in [4.69, 9.17) is 0 Å². The van der Waals surface area contributed by atoms with E-state index in [9.17, 15) is 0 Å². The molecule has 2 rings (SSSR count). The fourth-order valence-electron chi connectivity index (χ4n) is 2.99. The zero-order valence-electron chi connectivity index (χ0n) is 12.7. The van der Waals surface area contributed by atoms with Crippen LogP contribution in [0.2, 0.25) is 0 Å². The first-order valence-corrected chi connectivity index (χ1v) is 8.37. The minimum absolute atomic E-state index is 0.0904. The maximum atomic E-state index is 4.42. The molecular formula is C15H27N3S. The average molecular weight is 281 g/mol. The summed E-state index contributed by atoms with van der Waals surface area (Å²) in [5.74, 6) is 0.773. The van der Waals surface area contributed by atoms with Gasteiger partial charge in [-0.15, -0.1) is 5.10 Å². The molecule has 0 spiro atoms. The van der Waals surface area contributed by atoms with Gasteiger partial charge < -0.3 is 5.32 Å². The van der Waals surface area contributed by atoms with Crippen LogP contribution in [-0.2, 0) is 5.41 Å². The average Bonchev–Trinajstić information content (AvgIpc) is 2.99. The summed E-state index contributed by atoms with van der Waals surface area (Å²) in [7, 11) is 0. The Bertz CT molecular complexity index is 388. The highest BCUT2D eigenvalue weighted by Gasteiger charge is 2.32. The Morgan fingerprint density at radius 3 is 2.58 bits per heavy atom. The van der Waals surface area contributed by atoms with Crippen LogP contribution in [0.5, 0.6) is 0 Å². The Morgan fingerprint density at radius 1 is 1.32 bits per heavy atom. The predicted octanol–water partition coefficient (Wildman–Crippen LogP) is 4.07. The van der Waals surface area contributed by atoms with Gasteiger partial charge in [-0.25, -0.2) is 0 Å². The molecule has 0 radical (unpaired) electrons. The summed E-state index contributed by atoms with van der Waals surface area (Å²) in [6, 6.07) is 0.469. The summed E-state index contributed by atoms with van der Waals surface area (Å²) < 4.78 is 4.24. The van der Waals surface area contributed by atoms with Crippen molar-refractivity contribution >= 4 is 11.5 Å². The molecule has 0 aromatic carbocycles. The third kappa shape index (κ3) is 3.54. The highest BCUT2D eigenvalue weighted by molar-refractivity contribution is 7.05. The third-order valence-corrected chi connectivity index (χ3v) is 4.80. The van der Waals surface area contributed by atoms with Crippen LogP contribution in [0.4, 0.5) is 0 Å². The standard InChI is InChI=1S/C15H27N3S/c1-5-10-16-12(11-8-6-7-9-11)13-14(15(2,3)4)17-18-19-13/h11-12,16H,5-10H2,1-4H3. The van der Waals surface area contributed by atoms with Gasteiger partial charge in [-0.05, 0) is 43.3 Å². The molecule has 1 aliphatic rings. The van der Waals surface area contributed by atoms with Gasteiger partial charge >= 0.3 is 0 Å². The van der Waals surface area contributed by atoms with Gasteiger partial charge in [-0.3, -0.25) is 0 Å². The molecule has 4 heteroatoms. The molecule has 1 aromatic heterocycles. The van der Waals surface area contributed by atoms with Crippen LogP contribution >= 0.6 is 11.5 Å². The van der Waals surface area contributed by atoms with Crippen molar-refractivity contribution in [2.24, 2.45) is 5.92 Å². The highest BCUT2D eigenvalue weighted by Crippen LogP contribution is 2.40. The van der Waals surface area contributed by atoms with Crippen LogP contribution in [0.15, 0.2) is 0 Å². The Labute approximate surface area is 121 Å². The quantitative estimate of drug-likeness (QED) is 0.884. The third-order valence-electron chi connectivity index (χ3n) is 3.99. The maximum Gasteiger partial charge on any atom is 0.0857 e. The Balaban J connectivity index is 2.24. The molecule has 1 N–H and O–H groups in total. The molecule has 19 heavy (non-hydrogen) atoms. The molecule has 0 aliphatic heterocycles. The molecule has 108 valence electrons. The van der Waals surface area contributed by atoms with E-state index in [0.717, 1.165) is 12.5 Å². The van der Waals surface area contributed by atoms with E-state index in [1.54, 1.807) is 11.5 Å². The topological polar surface area (TPSA) is 37.8 Å². The van der Waals surface area contributed by atoms with Gasteiger partial charge in [0.15, 0.2) is 0 Å². The van der Waals surface area contributed by atoms with Crippen molar-refractivity contribution in [1.29, 1.82) is 0 Å². The minimum Gasteiger partial charge on any atom is -0.309 e. The Morgan fingerprint density at radius 2 is 2.00 bits per heavy atom. The van der Waals surface area contributed by atoms with E-state index in [0.29, 0.717) is 6.04 Å². The zero-order valence-corrected chi connectivity index (χ0v) is 13.5. The lowest BCUT2D eigenvalue weighted by atomic mass is 9.86. The highest BCUT2D eigenvalue weighted by atomic mass is 32.1. The number of hydrogen-bond acceptors (Lipinski definition) is 4. The zero-order chi connectivity index (χ0) is 13.9. The Kier molecular flexibility index (Phi) is 4.96. The maximum absolute atomic E-state index is 4.42. The first-order chi connectivity index (χ1) is 9.04. The van der Waals surface area contributed by atoms with Gasteiger partial charge in [0.1, 0.15) is 0 Å². The summed E-state index contributed by atoms with van der Waals surface area (Å²) in [6.07, 6.45) is 6.64. The van der Waals surface area contributed by atoms with Crippen LogP contribution in [-0.4, -0.2) is 16.1 Å². The second-order valence-electron chi connectivity index (χ2n) is 6.71. The van der Waals surface area contributed by atoms with Crippen molar-refractivity contribution < 1.29 is 0 Å². The van der Waals surface area contributed by atoms with Crippen LogP contribution < -0.4 is 5.32 Å². The van der Waals surface area contributed by atoms with Gasteiger partial charge in [-0.2, -0.15) is 0 Å². The molecule has 1 atom stereocenters. The number of aromatic nitrogens is 2. The van der Waals surface area contributed by atoms with Gasteiger partial charge in [0.2, 0.25) is 0 Å². The van der Waals surface area contributed by atoms with Crippen molar-refractivity contribution in [2.75, 3.05) is 6.54 Å². The van der Waals surface area contributed by atoms with Crippen molar-refractivity contribution in [1.82, 2.24) is 14.9 Å². The summed E-state index contributed by atoms with van der Waals surface area (Å²) in [6.45, 7) is 10.0. The molecule has 1 saturated carbocycles. The van der Waals surface area contributed by atoms with Crippen molar-refractivity contribution in [3.05, 3.63) is 10.6 Å². The van der Waals surface area contributed by atoms with Crippen molar-refractivity contribution in [3.8, 4) is 0 Å². The SMILES string of the molecule is CCCNC(c1snnc1C(C)(C)C)C1CCCC1. The second kappa shape index (κ2) is 6.31. The van der Waals surface area contributed by atoms with Gasteiger partial charge in [0, 0.05) is 11.5 Å². The number of nitrogens with zero attached hydrogens (tertiary/aromatic N) is 2. The Hall–Kier alpha value is -0.480. The van der Waals surface area contributed by atoms with E-state index < -0.39 is 0 Å². The molecule has 1 unspecified atom stereocenters. The lowest BCUT2D eigenvalue weighted by Gasteiger charge is -2.27. The summed E-state index contributed by atoms with van der Waals surface area (Å²) in [5, 5.41) is 8.17. The number of nitrogens with one attached hydrogen (secondary N) is 1. The summed E-state index contributed by atoms with van der Waals surface area (Å²) in [5.41, 5.74) is 1.28. The van der Waals surface area contributed by atoms with E-state index in [1.807, 2.05) is 0 Å². The predicted molar refractivity (Wildman–Crippen MR) is 81.6 cm³/mol. The largest absolute Gasteiger partial charge is 0.309 e. The summed E-state index contributed by atoms with van der Waals surface area (Å²) >= 11 is 1.60. The van der Waals surface area contributed by atoms with Crippen LogP contribution in [0.1, 0.15) is 76.4 Å². The van der Waals surface area contributed by atoms with Crippen LogP contribution in [0, 0.1) is 5.92 Å². The first-order valence-electron chi connectivity index (χ1n) is 7.60. The molecule has 3 nitrogen and oxygen atoms in total. The fraction of sp³-hybridized carbons (Fsp3) is 0.867. The second-order valence-corrected chi connectivity index (χ2v) is 7.50. The lowest BCUT2D eigenvalue weighted by molar-refractivity contribution is 0.366. The van der Waals surface area contributed by atoms with Crippen LogP contribution in [0.25, 0.3) is 0 Å². The minimum atomic E-state index is 0.0904. The van der Waals surface area contributed by atoms with E-state index in [-0.39, 0.29) is 5.41 Å². The van der Waals surface area contributed by atoms with Crippen molar-refractivity contribution in [2.45, 2.75) is 71.3 Å². The fourth-order valence-corrected chi connectivity index (χ4v) is 4.02. The van der Waals surface area contributed by atoms with Crippen LogP contribution in [0.3, 0.4) is 0 Å². The monoisotopic (exact) mass is 281 g/mol.